The molecule has 194 valence electrons. The summed E-state index contributed by atoms with van der Waals surface area (Å²) >= 11 is 0. The van der Waals surface area contributed by atoms with E-state index >= 15 is 0 Å². The van der Waals surface area contributed by atoms with Crippen molar-refractivity contribution in [2.24, 2.45) is 17.8 Å². The molecule has 3 unspecified atom stereocenters. The van der Waals surface area contributed by atoms with Gasteiger partial charge < -0.3 is 15.4 Å². The summed E-state index contributed by atoms with van der Waals surface area (Å²) in [4.78, 5) is 28.7. The van der Waals surface area contributed by atoms with Crippen LogP contribution in [-0.4, -0.2) is 34.8 Å². The van der Waals surface area contributed by atoms with Crippen LogP contribution in [0.15, 0.2) is 48.5 Å². The van der Waals surface area contributed by atoms with Gasteiger partial charge in [-0.25, -0.2) is 0 Å². The summed E-state index contributed by atoms with van der Waals surface area (Å²) in [5.41, 5.74) is 2.17. The lowest BCUT2D eigenvalue weighted by Gasteiger charge is -2.48. The Labute approximate surface area is 218 Å². The van der Waals surface area contributed by atoms with Crippen LogP contribution >= 0.6 is 0 Å². The lowest BCUT2D eigenvalue weighted by Crippen LogP contribution is -2.63. The van der Waals surface area contributed by atoms with Gasteiger partial charge in [-0.05, 0) is 67.2 Å². The Kier molecular flexibility index (Phi) is 5.97. The van der Waals surface area contributed by atoms with E-state index in [0.29, 0.717) is 30.4 Å². The molecule has 7 heteroatoms. The number of hydrogen-bond donors (Lipinski definition) is 3. The molecule has 2 aromatic rings. The fourth-order valence-electron chi connectivity index (χ4n) is 6.77. The van der Waals surface area contributed by atoms with Crippen molar-refractivity contribution in [3.05, 3.63) is 65.2 Å². The highest BCUT2D eigenvalue weighted by Gasteiger charge is 2.58. The Bertz CT molecular complexity index is 1220. The number of nitrogens with one attached hydrogen (secondary N) is 3. The minimum absolute atomic E-state index is 0.00946. The molecule has 6 rings (SSSR count). The maximum Gasteiger partial charge on any atom is 0.251 e. The number of amides is 2. The average molecular weight is 501 g/mol. The molecule has 3 fully saturated rings. The molecule has 2 aromatic carbocycles. The fraction of sp³-hybridized carbons (Fsp3) is 0.500. The predicted octanol–water partition coefficient (Wildman–Crippen LogP) is 4.95. The molecule has 0 bridgehead atoms. The number of ether oxygens (including phenoxy) is 1. The number of fused-ring (bicyclic) bond motifs is 2. The van der Waals surface area contributed by atoms with Gasteiger partial charge in [0.2, 0.25) is 5.91 Å². The zero-order chi connectivity index (χ0) is 25.7. The molecule has 2 heterocycles. The molecule has 7 nitrogen and oxygen atoms in total. The summed E-state index contributed by atoms with van der Waals surface area (Å²) < 4.78 is 5.75. The van der Waals surface area contributed by atoms with Gasteiger partial charge >= 0.3 is 0 Å². The molecule has 4 aliphatic rings. The molecular weight excluding hydrogens is 464 g/mol. The summed E-state index contributed by atoms with van der Waals surface area (Å²) in [6.45, 7) is 4.71. The van der Waals surface area contributed by atoms with E-state index in [0.717, 1.165) is 48.5 Å². The van der Waals surface area contributed by atoms with Crippen LogP contribution in [0.5, 0.6) is 5.75 Å². The molecule has 0 spiro atoms. The lowest BCUT2D eigenvalue weighted by molar-refractivity contribution is -0.134. The van der Waals surface area contributed by atoms with E-state index in [9.17, 15) is 9.59 Å². The smallest absolute Gasteiger partial charge is 0.251 e. The van der Waals surface area contributed by atoms with Crippen molar-refractivity contribution in [3.63, 3.8) is 0 Å². The second-order valence-electron chi connectivity index (χ2n) is 11.2. The van der Waals surface area contributed by atoms with Gasteiger partial charge in [-0.2, -0.15) is 0 Å². The second-order valence-corrected chi connectivity index (χ2v) is 11.2. The average Bonchev–Trinajstić information content (AvgIpc) is 3.56. The largest absolute Gasteiger partial charge is 0.493 e. The van der Waals surface area contributed by atoms with Crippen LogP contribution in [-0.2, 0) is 4.79 Å². The van der Waals surface area contributed by atoms with Crippen LogP contribution in [0.1, 0.15) is 85.9 Å². The maximum absolute atomic E-state index is 13.6. The summed E-state index contributed by atoms with van der Waals surface area (Å²) in [5, 5.41) is 15.5. The topological polar surface area (TPSA) is 94.5 Å². The van der Waals surface area contributed by atoms with Gasteiger partial charge in [0.1, 0.15) is 5.75 Å². The first-order chi connectivity index (χ1) is 17.9. The lowest BCUT2D eigenvalue weighted by atomic mass is 9.75. The number of carbonyl (C=O) groups excluding carboxylic acids is 2. The minimum atomic E-state index is -0.349. The van der Waals surface area contributed by atoms with Crippen LogP contribution in [0.2, 0.25) is 0 Å². The molecule has 2 saturated carbocycles. The van der Waals surface area contributed by atoms with E-state index < -0.39 is 0 Å². The highest BCUT2D eigenvalue weighted by Crippen LogP contribution is 2.64. The van der Waals surface area contributed by atoms with Gasteiger partial charge in [0.25, 0.3) is 5.91 Å². The number of benzene rings is 2. The summed E-state index contributed by atoms with van der Waals surface area (Å²) in [6.07, 6.45) is 5.00. The Morgan fingerprint density at radius 2 is 2.00 bits per heavy atom. The third-order valence-electron chi connectivity index (χ3n) is 9.28. The number of rotatable bonds is 7. The molecule has 2 aliphatic heterocycles. The molecule has 5 atom stereocenters. The number of hydrogen-bond acceptors (Lipinski definition) is 4. The van der Waals surface area contributed by atoms with Crippen molar-refractivity contribution >= 4 is 17.8 Å². The SMILES string of the molecule is CCC1(CC)CC(=O)N([C@@H](c2cccc(C(=O)NC3CCOc4ccccc43)c2)[C@@H]2CC3CC32)C(=N)N1. The Morgan fingerprint density at radius 1 is 1.19 bits per heavy atom. The third-order valence-corrected chi connectivity index (χ3v) is 9.28. The van der Waals surface area contributed by atoms with Gasteiger partial charge in [0, 0.05) is 23.1 Å². The number of carbonyl (C=O) groups is 2. The van der Waals surface area contributed by atoms with Crippen LogP contribution in [0.4, 0.5) is 0 Å². The molecule has 2 aliphatic carbocycles. The Balaban J connectivity index is 1.27. The molecule has 0 radical (unpaired) electrons. The molecule has 37 heavy (non-hydrogen) atoms. The van der Waals surface area contributed by atoms with Crippen LogP contribution in [0.3, 0.4) is 0 Å². The zero-order valence-corrected chi connectivity index (χ0v) is 21.6. The number of para-hydroxylation sites is 1. The monoisotopic (exact) mass is 500 g/mol. The predicted molar refractivity (Wildman–Crippen MR) is 141 cm³/mol. The van der Waals surface area contributed by atoms with Gasteiger partial charge in [0.15, 0.2) is 5.96 Å². The van der Waals surface area contributed by atoms with Crippen molar-refractivity contribution in [2.75, 3.05) is 6.61 Å². The minimum Gasteiger partial charge on any atom is -0.493 e. The highest BCUT2D eigenvalue weighted by atomic mass is 16.5. The molecule has 3 N–H and O–H groups in total. The fourth-order valence-corrected chi connectivity index (χ4v) is 6.77. The molecule has 0 aromatic heterocycles. The van der Waals surface area contributed by atoms with E-state index in [-0.39, 0.29) is 35.4 Å². The van der Waals surface area contributed by atoms with Crippen molar-refractivity contribution < 1.29 is 14.3 Å². The number of nitrogens with zero attached hydrogens (tertiary/aromatic N) is 1. The maximum atomic E-state index is 13.6. The van der Waals surface area contributed by atoms with E-state index in [2.05, 4.69) is 24.5 Å². The number of guanidine groups is 1. The summed E-state index contributed by atoms with van der Waals surface area (Å²) in [7, 11) is 0. The summed E-state index contributed by atoms with van der Waals surface area (Å²) in [5.74, 6) is 2.60. The van der Waals surface area contributed by atoms with Crippen LogP contribution < -0.4 is 15.4 Å². The molecular formula is C30H36N4O3. The van der Waals surface area contributed by atoms with E-state index in [1.165, 1.54) is 6.42 Å². The van der Waals surface area contributed by atoms with Crippen molar-refractivity contribution in [1.82, 2.24) is 15.5 Å². The standard InChI is InChI=1S/C30H36N4O3/c1-3-30(4-2)17-26(35)34(29(31)33-30)27(23-16-20-15-22(20)23)18-8-7-9-19(14-18)28(36)32-24-12-13-37-25-11-6-5-10-21(24)25/h5-11,14,20,22-24,27H,3-4,12-13,15-17H2,1-2H3,(H2,31,33)(H,32,36)/t20?,22?,23-,24?,27+/m1/s1. The molecule has 1 saturated heterocycles. The normalized spacial score (nSPS) is 28.1. The van der Waals surface area contributed by atoms with E-state index in [1.807, 2.05) is 48.5 Å². The Morgan fingerprint density at radius 3 is 2.70 bits per heavy atom. The first-order valence-corrected chi connectivity index (χ1v) is 13.7. The second kappa shape index (κ2) is 9.19. The van der Waals surface area contributed by atoms with Gasteiger partial charge in [0.05, 0.1) is 25.1 Å². The quantitative estimate of drug-likeness (QED) is 0.501. The van der Waals surface area contributed by atoms with Crippen molar-refractivity contribution in [1.29, 1.82) is 5.41 Å². The third kappa shape index (κ3) is 4.18. The van der Waals surface area contributed by atoms with Crippen molar-refractivity contribution in [2.45, 2.75) is 70.0 Å². The van der Waals surface area contributed by atoms with Gasteiger partial charge in [-0.15, -0.1) is 0 Å². The zero-order valence-electron chi connectivity index (χ0n) is 21.6. The Hall–Kier alpha value is -3.35. The molecule has 2 amide bonds. The van der Waals surface area contributed by atoms with Crippen LogP contribution in [0.25, 0.3) is 0 Å². The van der Waals surface area contributed by atoms with Gasteiger partial charge in [-0.3, -0.25) is 19.9 Å². The first kappa shape index (κ1) is 24.0. The highest BCUT2D eigenvalue weighted by molar-refractivity contribution is 6.00. The van der Waals surface area contributed by atoms with E-state index in [1.54, 1.807) is 4.90 Å². The first-order valence-electron chi connectivity index (χ1n) is 13.7. The van der Waals surface area contributed by atoms with Crippen molar-refractivity contribution in [3.8, 4) is 5.75 Å². The van der Waals surface area contributed by atoms with Gasteiger partial charge in [-0.1, -0.05) is 44.2 Å². The summed E-state index contributed by atoms with van der Waals surface area (Å²) in [6, 6.07) is 15.2. The van der Waals surface area contributed by atoms with Crippen LogP contribution in [0, 0.1) is 23.2 Å². The van der Waals surface area contributed by atoms with E-state index in [4.69, 9.17) is 10.1 Å².